The monoisotopic (exact) mass is 613 g/mol. The molecule has 0 spiro atoms. The number of fused-ring (bicyclic) bond motifs is 1. The zero-order valence-electron chi connectivity index (χ0n) is 26.8. The molecule has 0 saturated carbocycles. The summed E-state index contributed by atoms with van der Waals surface area (Å²) in [5.41, 5.74) is 5.57. The molecule has 1 aliphatic heterocycles. The minimum Gasteiger partial charge on any atom is -0.369 e. The van der Waals surface area contributed by atoms with Gasteiger partial charge in [-0.3, -0.25) is 9.30 Å². The zero-order chi connectivity index (χ0) is 31.9. The Labute approximate surface area is 265 Å². The van der Waals surface area contributed by atoms with Crippen molar-refractivity contribution >= 4 is 22.8 Å². The fourth-order valence-electron chi connectivity index (χ4n) is 6.02. The van der Waals surface area contributed by atoms with Gasteiger partial charge in [0.1, 0.15) is 0 Å². The summed E-state index contributed by atoms with van der Waals surface area (Å²) in [6, 6.07) is 9.96. The van der Waals surface area contributed by atoms with Crippen LogP contribution in [-0.2, 0) is 6.42 Å². The molecular formula is C36H45F2N7. The number of hydrogen-bond acceptors (Lipinski definition) is 6. The fraction of sp³-hybridized carbons (Fsp3) is 0.389. The van der Waals surface area contributed by atoms with Crippen LogP contribution in [-0.4, -0.2) is 69.5 Å². The van der Waals surface area contributed by atoms with Crippen molar-refractivity contribution < 1.29 is 8.78 Å². The molecule has 1 saturated heterocycles. The van der Waals surface area contributed by atoms with Gasteiger partial charge in [0.25, 0.3) is 0 Å². The number of halogens is 2. The van der Waals surface area contributed by atoms with Gasteiger partial charge >= 0.3 is 0 Å². The number of anilines is 2. The van der Waals surface area contributed by atoms with E-state index in [1.54, 1.807) is 41.2 Å². The average molecular weight is 614 g/mol. The molecule has 1 unspecified atom stereocenters. The third kappa shape index (κ3) is 7.26. The summed E-state index contributed by atoms with van der Waals surface area (Å²) >= 11 is 0. The van der Waals surface area contributed by atoms with Crippen molar-refractivity contribution in [2.24, 2.45) is 0 Å². The van der Waals surface area contributed by atoms with Crippen molar-refractivity contribution in [1.29, 1.82) is 0 Å². The summed E-state index contributed by atoms with van der Waals surface area (Å²) in [5.74, 6) is -1.19. The molecule has 0 aliphatic carbocycles. The third-order valence-corrected chi connectivity index (χ3v) is 8.69. The van der Waals surface area contributed by atoms with Crippen LogP contribution in [0.4, 0.5) is 20.3 Å². The first-order valence-electron chi connectivity index (χ1n) is 16.0. The molecule has 238 valence electrons. The van der Waals surface area contributed by atoms with Gasteiger partial charge in [0.2, 0.25) is 0 Å². The summed E-state index contributed by atoms with van der Waals surface area (Å²) in [6.45, 7) is 20.8. The molecule has 5 rings (SSSR count). The lowest BCUT2D eigenvalue weighted by molar-refractivity contribution is 0.160. The van der Waals surface area contributed by atoms with E-state index in [1.807, 2.05) is 6.07 Å². The molecule has 1 aliphatic rings. The van der Waals surface area contributed by atoms with E-state index < -0.39 is 11.6 Å². The minimum atomic E-state index is -0.883. The predicted molar refractivity (Wildman–Crippen MR) is 181 cm³/mol. The highest BCUT2D eigenvalue weighted by atomic mass is 19.2. The van der Waals surface area contributed by atoms with E-state index in [9.17, 15) is 4.39 Å². The van der Waals surface area contributed by atoms with Crippen LogP contribution < -0.4 is 10.6 Å². The van der Waals surface area contributed by atoms with Crippen LogP contribution in [0, 0.1) is 18.6 Å². The van der Waals surface area contributed by atoms with E-state index in [0.29, 0.717) is 41.6 Å². The van der Waals surface area contributed by atoms with Crippen LogP contribution in [0.25, 0.3) is 22.6 Å². The van der Waals surface area contributed by atoms with Crippen LogP contribution in [0.5, 0.6) is 0 Å². The molecule has 3 heterocycles. The van der Waals surface area contributed by atoms with E-state index in [0.717, 1.165) is 74.6 Å². The molecule has 7 nitrogen and oxygen atoms in total. The van der Waals surface area contributed by atoms with Gasteiger partial charge in [-0.15, -0.1) is 6.58 Å². The number of imidazole rings is 1. The van der Waals surface area contributed by atoms with Crippen molar-refractivity contribution in [3.63, 3.8) is 0 Å². The SMILES string of the molecule is C=CCCc1ccc(-c2cnc3c(Nc4ccc(C(=C)N5CCN(CC(CC)NCCC)CC5)c(C)c4)nccn23)c(F)c1F. The standard InChI is InChI=1S/C36H45F2N7/c1-6-9-10-27-11-13-31(34(38)33(27)37)32-23-41-36-35(40-16-17-45(32)36)42-29-12-14-30(25(4)22-29)26(5)44-20-18-43(19-21-44)24-28(8-3)39-15-7-2/h6,11-14,16-17,22-23,28,39H,1,5,7-10,15,18-21,24H2,2-4H3,(H,40,42). The molecular weight excluding hydrogens is 568 g/mol. The summed E-state index contributed by atoms with van der Waals surface area (Å²) < 4.78 is 31.7. The topological polar surface area (TPSA) is 60.7 Å². The van der Waals surface area contributed by atoms with Gasteiger partial charge in [0, 0.05) is 73.7 Å². The molecule has 1 fully saturated rings. The Balaban J connectivity index is 1.27. The molecule has 9 heteroatoms. The Morgan fingerprint density at radius 1 is 1.07 bits per heavy atom. The molecule has 0 radical (unpaired) electrons. The van der Waals surface area contributed by atoms with Crippen molar-refractivity contribution in [3.8, 4) is 11.3 Å². The summed E-state index contributed by atoms with van der Waals surface area (Å²) in [7, 11) is 0. The normalized spacial score (nSPS) is 14.6. The van der Waals surface area contributed by atoms with E-state index in [-0.39, 0.29) is 5.56 Å². The quantitative estimate of drug-likeness (QED) is 0.147. The first kappa shape index (κ1) is 32.3. The highest BCUT2D eigenvalue weighted by Gasteiger charge is 2.22. The lowest BCUT2D eigenvalue weighted by Gasteiger charge is -2.38. The maximum Gasteiger partial charge on any atom is 0.180 e. The third-order valence-electron chi connectivity index (χ3n) is 8.69. The van der Waals surface area contributed by atoms with Crippen molar-refractivity contribution in [2.45, 2.75) is 52.5 Å². The second-order valence-corrected chi connectivity index (χ2v) is 11.8. The number of allylic oxidation sites excluding steroid dienone is 1. The second-order valence-electron chi connectivity index (χ2n) is 11.8. The molecule has 0 bridgehead atoms. The first-order valence-corrected chi connectivity index (χ1v) is 16.0. The summed E-state index contributed by atoms with van der Waals surface area (Å²) in [5, 5.41) is 7.04. The van der Waals surface area contributed by atoms with Crippen molar-refractivity contribution in [3.05, 3.63) is 96.5 Å². The van der Waals surface area contributed by atoms with Gasteiger partial charge in [-0.05, 0) is 68.5 Å². The van der Waals surface area contributed by atoms with Gasteiger partial charge in [-0.2, -0.15) is 0 Å². The number of hydrogen-bond donors (Lipinski definition) is 2. The van der Waals surface area contributed by atoms with Gasteiger partial charge in [0.15, 0.2) is 23.1 Å². The number of benzene rings is 2. The van der Waals surface area contributed by atoms with Crippen LogP contribution in [0.1, 0.15) is 49.8 Å². The van der Waals surface area contributed by atoms with Crippen LogP contribution >= 0.6 is 0 Å². The van der Waals surface area contributed by atoms with Gasteiger partial charge < -0.3 is 15.5 Å². The maximum absolute atomic E-state index is 15.1. The highest BCUT2D eigenvalue weighted by molar-refractivity contribution is 5.76. The molecule has 4 aromatic rings. The van der Waals surface area contributed by atoms with Gasteiger partial charge in [0.05, 0.1) is 11.9 Å². The van der Waals surface area contributed by atoms with E-state index >= 15 is 4.39 Å². The lowest BCUT2D eigenvalue weighted by Crippen LogP contribution is -2.50. The number of aryl methyl sites for hydroxylation is 2. The maximum atomic E-state index is 15.1. The first-order chi connectivity index (χ1) is 21.8. The zero-order valence-corrected chi connectivity index (χ0v) is 26.8. The molecule has 1 atom stereocenters. The Hall–Kier alpha value is -4.08. The average Bonchev–Trinajstić information content (AvgIpc) is 3.49. The van der Waals surface area contributed by atoms with E-state index in [2.05, 4.69) is 76.5 Å². The Morgan fingerprint density at radius 2 is 1.87 bits per heavy atom. The molecule has 2 aromatic heterocycles. The van der Waals surface area contributed by atoms with Crippen LogP contribution in [0.2, 0.25) is 0 Å². The van der Waals surface area contributed by atoms with Crippen molar-refractivity contribution in [2.75, 3.05) is 44.6 Å². The molecule has 0 amide bonds. The molecule has 2 N–H and O–H groups in total. The van der Waals surface area contributed by atoms with E-state index in [1.165, 1.54) is 0 Å². The van der Waals surface area contributed by atoms with E-state index in [4.69, 9.17) is 0 Å². The second kappa shape index (κ2) is 14.8. The number of piperazine rings is 1. The lowest BCUT2D eigenvalue weighted by atomic mass is 10.0. The number of aromatic nitrogens is 3. The Bertz CT molecular complexity index is 1640. The van der Waals surface area contributed by atoms with Gasteiger partial charge in [-0.1, -0.05) is 38.6 Å². The smallest absolute Gasteiger partial charge is 0.180 e. The van der Waals surface area contributed by atoms with Gasteiger partial charge in [-0.25, -0.2) is 18.7 Å². The Kier molecular flexibility index (Phi) is 10.6. The number of nitrogens with one attached hydrogen (secondary N) is 2. The number of nitrogens with zero attached hydrogens (tertiary/aromatic N) is 5. The predicted octanol–water partition coefficient (Wildman–Crippen LogP) is 7.21. The summed E-state index contributed by atoms with van der Waals surface area (Å²) in [4.78, 5) is 14.0. The fourth-order valence-corrected chi connectivity index (χ4v) is 6.02. The summed E-state index contributed by atoms with van der Waals surface area (Å²) in [6.07, 6.45) is 9.84. The van der Waals surface area contributed by atoms with Crippen LogP contribution in [0.3, 0.4) is 0 Å². The van der Waals surface area contributed by atoms with Crippen LogP contribution in [0.15, 0.2) is 68.2 Å². The molecule has 45 heavy (non-hydrogen) atoms. The number of rotatable bonds is 14. The largest absolute Gasteiger partial charge is 0.369 e. The molecule has 2 aromatic carbocycles. The Morgan fingerprint density at radius 3 is 2.58 bits per heavy atom. The van der Waals surface area contributed by atoms with Crippen molar-refractivity contribution in [1.82, 2.24) is 29.5 Å². The minimum absolute atomic E-state index is 0.150. The highest BCUT2D eigenvalue weighted by Crippen LogP contribution is 2.31.